The van der Waals surface area contributed by atoms with Crippen LogP contribution in [-0.4, -0.2) is 52.1 Å². The summed E-state index contributed by atoms with van der Waals surface area (Å²) >= 11 is 1.42. The Hall–Kier alpha value is -3.56. The number of aromatic nitrogens is 1. The zero-order valence-electron chi connectivity index (χ0n) is 21.8. The molecule has 0 saturated carbocycles. The Morgan fingerprint density at radius 3 is 2.55 bits per heavy atom. The lowest BCUT2D eigenvalue weighted by Gasteiger charge is -2.30. The lowest BCUT2D eigenvalue weighted by atomic mass is 10.1. The standard InChI is InChI=1S/C29H35N5O3S/c1-21(31-26(35)17-16-23-11-5-3-6-12-23)32-28(33-25-15-9-13-24-14-10-18-30-27(24)25)38-22(2)37-29(36)34-19-7-4-8-20-34/h3,5-6,9-18,21-22,28,32-33H,4,7-8,19-20H2,1-2H3,(H,31,35)/b17-16+. The maximum atomic E-state index is 12.7. The molecule has 2 amide bonds. The van der Waals surface area contributed by atoms with E-state index in [1.165, 1.54) is 17.8 Å². The molecule has 2 heterocycles. The SMILES string of the molecule is CC(NC(=O)/C=C/c1ccccc1)NC(Nc1cccc2cccnc12)SC(C)OC(=O)N1CCCCC1. The Labute approximate surface area is 228 Å². The normalized spacial score (nSPS) is 16.1. The molecule has 1 fully saturated rings. The summed E-state index contributed by atoms with van der Waals surface area (Å²) < 4.78 is 5.75. The molecule has 1 saturated heterocycles. The number of hydrogen-bond acceptors (Lipinski definition) is 7. The topological polar surface area (TPSA) is 95.6 Å². The molecule has 3 unspecified atom stereocenters. The van der Waals surface area contributed by atoms with Crippen LogP contribution in [0.1, 0.15) is 38.7 Å². The molecule has 0 spiro atoms. The highest BCUT2D eigenvalue weighted by molar-refractivity contribution is 8.00. The average molecular weight is 534 g/mol. The van der Waals surface area contributed by atoms with Gasteiger partial charge in [0.2, 0.25) is 5.91 Å². The number of hydrogen-bond donors (Lipinski definition) is 3. The van der Waals surface area contributed by atoms with E-state index < -0.39 is 5.44 Å². The second-order valence-corrected chi connectivity index (χ2v) is 10.6. The minimum Gasteiger partial charge on any atom is -0.435 e. The molecule has 0 bridgehead atoms. The van der Waals surface area contributed by atoms with E-state index in [0.717, 1.165) is 54.5 Å². The van der Waals surface area contributed by atoms with Crippen molar-refractivity contribution in [3.63, 3.8) is 0 Å². The van der Waals surface area contributed by atoms with Crippen molar-refractivity contribution in [1.29, 1.82) is 0 Å². The van der Waals surface area contributed by atoms with Crippen LogP contribution in [0.2, 0.25) is 0 Å². The lowest BCUT2D eigenvalue weighted by molar-refractivity contribution is -0.117. The summed E-state index contributed by atoms with van der Waals surface area (Å²) in [5.41, 5.74) is 1.80. The van der Waals surface area contributed by atoms with Crippen molar-refractivity contribution in [1.82, 2.24) is 20.5 Å². The van der Waals surface area contributed by atoms with Crippen LogP contribution in [0.3, 0.4) is 0 Å². The van der Waals surface area contributed by atoms with Crippen molar-refractivity contribution in [3.8, 4) is 0 Å². The predicted molar refractivity (Wildman–Crippen MR) is 154 cm³/mol. The van der Waals surface area contributed by atoms with Crippen molar-refractivity contribution in [2.24, 2.45) is 0 Å². The Kier molecular flexibility index (Phi) is 10.0. The molecule has 38 heavy (non-hydrogen) atoms. The molecule has 3 N–H and O–H groups in total. The van der Waals surface area contributed by atoms with Crippen LogP contribution in [0.5, 0.6) is 0 Å². The Morgan fingerprint density at radius 2 is 1.76 bits per heavy atom. The number of para-hydroxylation sites is 1. The van der Waals surface area contributed by atoms with Gasteiger partial charge in [0.15, 0.2) is 0 Å². The summed E-state index contributed by atoms with van der Waals surface area (Å²) in [4.78, 5) is 31.5. The van der Waals surface area contributed by atoms with E-state index in [0.29, 0.717) is 0 Å². The largest absolute Gasteiger partial charge is 0.435 e. The van der Waals surface area contributed by atoms with E-state index in [-0.39, 0.29) is 23.7 Å². The third-order valence-electron chi connectivity index (χ3n) is 6.11. The first-order chi connectivity index (χ1) is 18.5. The molecular weight excluding hydrogens is 498 g/mol. The van der Waals surface area contributed by atoms with Gasteiger partial charge in [0.05, 0.1) is 17.4 Å². The highest BCUT2D eigenvalue weighted by atomic mass is 32.2. The van der Waals surface area contributed by atoms with Gasteiger partial charge >= 0.3 is 6.09 Å². The highest BCUT2D eigenvalue weighted by Crippen LogP contribution is 2.26. The fourth-order valence-electron chi connectivity index (χ4n) is 4.26. The maximum Gasteiger partial charge on any atom is 0.410 e. The molecule has 1 aliphatic rings. The molecule has 2 aromatic carbocycles. The molecular formula is C29H35N5O3S. The number of rotatable bonds is 10. The third kappa shape index (κ3) is 8.22. The van der Waals surface area contributed by atoms with Crippen molar-refractivity contribution in [2.45, 2.75) is 50.2 Å². The first-order valence-electron chi connectivity index (χ1n) is 13.0. The number of benzene rings is 2. The van der Waals surface area contributed by atoms with Crippen LogP contribution >= 0.6 is 11.8 Å². The molecule has 1 aromatic heterocycles. The highest BCUT2D eigenvalue weighted by Gasteiger charge is 2.23. The van der Waals surface area contributed by atoms with Crippen molar-refractivity contribution in [3.05, 3.63) is 78.5 Å². The molecule has 1 aliphatic heterocycles. The number of piperidine rings is 1. The van der Waals surface area contributed by atoms with Gasteiger partial charge in [0.1, 0.15) is 10.9 Å². The minimum absolute atomic E-state index is 0.214. The number of carbonyl (C=O) groups excluding carboxylic acids is 2. The molecule has 3 aromatic rings. The summed E-state index contributed by atoms with van der Waals surface area (Å²) in [7, 11) is 0. The summed E-state index contributed by atoms with van der Waals surface area (Å²) in [5.74, 6) is -0.214. The molecule has 0 radical (unpaired) electrons. The van der Waals surface area contributed by atoms with Crippen LogP contribution in [0.15, 0.2) is 72.9 Å². The van der Waals surface area contributed by atoms with Crippen LogP contribution in [0.4, 0.5) is 10.5 Å². The number of anilines is 1. The maximum absolute atomic E-state index is 12.7. The van der Waals surface area contributed by atoms with Crippen molar-refractivity contribution in [2.75, 3.05) is 18.4 Å². The van der Waals surface area contributed by atoms with Crippen LogP contribution in [-0.2, 0) is 9.53 Å². The van der Waals surface area contributed by atoms with Crippen LogP contribution < -0.4 is 16.0 Å². The first kappa shape index (κ1) is 27.5. The van der Waals surface area contributed by atoms with Gasteiger partial charge in [-0.15, -0.1) is 0 Å². The monoisotopic (exact) mass is 533 g/mol. The van der Waals surface area contributed by atoms with Crippen LogP contribution in [0, 0.1) is 0 Å². The second-order valence-electron chi connectivity index (χ2n) is 9.18. The van der Waals surface area contributed by atoms with Gasteiger partial charge in [-0.2, -0.15) is 0 Å². The van der Waals surface area contributed by atoms with Gasteiger partial charge in [-0.05, 0) is 56.9 Å². The number of ether oxygens (including phenoxy) is 1. The summed E-state index contributed by atoms with van der Waals surface area (Å²) in [6, 6.07) is 19.5. The Balaban J connectivity index is 1.42. The number of carbonyl (C=O) groups is 2. The number of likely N-dealkylation sites (tertiary alicyclic amines) is 1. The average Bonchev–Trinajstić information content (AvgIpc) is 2.93. The number of amides is 2. The minimum atomic E-state index is -0.432. The van der Waals surface area contributed by atoms with Crippen LogP contribution in [0.25, 0.3) is 17.0 Å². The van der Waals surface area contributed by atoms with Gasteiger partial charge < -0.3 is 20.3 Å². The van der Waals surface area contributed by atoms with E-state index in [1.54, 1.807) is 17.2 Å². The zero-order valence-corrected chi connectivity index (χ0v) is 22.6. The van der Waals surface area contributed by atoms with Crippen molar-refractivity contribution < 1.29 is 14.3 Å². The number of nitrogens with zero attached hydrogens (tertiary/aromatic N) is 2. The molecule has 200 valence electrons. The van der Waals surface area contributed by atoms with Gasteiger partial charge in [-0.1, -0.05) is 60.3 Å². The van der Waals surface area contributed by atoms with E-state index >= 15 is 0 Å². The van der Waals surface area contributed by atoms with Gasteiger partial charge in [0, 0.05) is 30.7 Å². The van der Waals surface area contributed by atoms with E-state index in [9.17, 15) is 9.59 Å². The number of fused-ring (bicyclic) bond motifs is 1. The second kappa shape index (κ2) is 13.8. The molecule has 3 atom stereocenters. The molecule has 9 heteroatoms. The van der Waals surface area contributed by atoms with Gasteiger partial charge in [-0.25, -0.2) is 4.79 Å². The van der Waals surface area contributed by atoms with Gasteiger partial charge in [0.25, 0.3) is 0 Å². The fourth-order valence-corrected chi connectivity index (χ4v) is 5.25. The third-order valence-corrected chi connectivity index (χ3v) is 7.12. The molecule has 8 nitrogen and oxygen atoms in total. The zero-order chi connectivity index (χ0) is 26.7. The van der Waals surface area contributed by atoms with E-state index in [2.05, 4.69) is 20.9 Å². The smallest absolute Gasteiger partial charge is 0.410 e. The molecule has 0 aliphatic carbocycles. The predicted octanol–water partition coefficient (Wildman–Crippen LogP) is 5.40. The summed E-state index contributed by atoms with van der Waals surface area (Å²) in [6.45, 7) is 5.19. The Bertz CT molecular complexity index is 1230. The Morgan fingerprint density at radius 1 is 1.00 bits per heavy atom. The first-order valence-corrected chi connectivity index (χ1v) is 13.9. The number of nitrogens with one attached hydrogen (secondary N) is 3. The number of pyridine rings is 1. The number of thioether (sulfide) groups is 1. The lowest BCUT2D eigenvalue weighted by Crippen LogP contribution is -2.49. The summed E-state index contributed by atoms with van der Waals surface area (Å²) in [5, 5.41) is 10.8. The van der Waals surface area contributed by atoms with Crippen molar-refractivity contribution >= 4 is 46.4 Å². The van der Waals surface area contributed by atoms with E-state index in [1.807, 2.05) is 74.5 Å². The van der Waals surface area contributed by atoms with Gasteiger partial charge in [-0.3, -0.25) is 15.1 Å². The molecule has 4 rings (SSSR count). The van der Waals surface area contributed by atoms with E-state index in [4.69, 9.17) is 4.74 Å². The fraction of sp³-hybridized carbons (Fsp3) is 0.345. The summed E-state index contributed by atoms with van der Waals surface area (Å²) in [6.07, 6.45) is 7.54. The quantitative estimate of drug-likeness (QED) is 0.237.